The Hall–Kier alpha value is -3.83. The third kappa shape index (κ3) is 11.7. The van der Waals surface area contributed by atoms with Gasteiger partial charge in [0.1, 0.15) is 28.5 Å². The molecule has 0 fully saturated rings. The Morgan fingerprint density at radius 1 is 0.894 bits per heavy atom. The van der Waals surface area contributed by atoms with E-state index in [0.717, 1.165) is 29.7 Å². The molecule has 0 aliphatic carbocycles. The molecule has 0 spiro atoms. The van der Waals surface area contributed by atoms with E-state index in [-0.39, 0.29) is 22.5 Å². The minimum absolute atomic E-state index is 0.00495. The zero-order chi connectivity index (χ0) is 35.0. The normalized spacial score (nSPS) is 13.1. The number of hydrogen-bond acceptors (Lipinski definition) is 8. The number of carbonyl (C=O) groups excluding carboxylic acids is 2. The molecule has 1 N–H and O–H groups in total. The van der Waals surface area contributed by atoms with Crippen LogP contribution in [0.25, 0.3) is 0 Å². The maximum absolute atomic E-state index is 13.5. The van der Waals surface area contributed by atoms with Crippen LogP contribution in [0.3, 0.4) is 0 Å². The van der Waals surface area contributed by atoms with Gasteiger partial charge in [0.15, 0.2) is 0 Å². The van der Waals surface area contributed by atoms with Crippen molar-refractivity contribution >= 4 is 27.9 Å². The molecule has 256 valence electrons. The molecule has 1 amide bonds. The highest BCUT2D eigenvalue weighted by atomic mass is 32.2. The van der Waals surface area contributed by atoms with Crippen molar-refractivity contribution in [2.45, 2.75) is 116 Å². The molecule has 3 aromatic rings. The van der Waals surface area contributed by atoms with Gasteiger partial charge in [-0.05, 0) is 95.2 Å². The summed E-state index contributed by atoms with van der Waals surface area (Å²) in [5.74, 6) is -0.535. The lowest BCUT2D eigenvalue weighted by Gasteiger charge is -2.28. The molecule has 2 heterocycles. The second-order valence-electron chi connectivity index (χ2n) is 14.3. The Morgan fingerprint density at radius 2 is 1.55 bits per heavy atom. The average Bonchev–Trinajstić information content (AvgIpc) is 2.97. The molecule has 0 aliphatic heterocycles. The standard InChI is InChI=1S/C36H50N4O6S/c1-10-11-21-36(8,9)27-19-17-26(18-20-27)23-30(39-47(43,44)28-14-13-22-37-24-28)29-15-12-16-31(38-29)40(33(42)46-35(5,6)7)25-32(41)45-34(2,3)4/h12-20,22,24,30,39H,10-11,21,23,25H2,1-9H3. The third-order valence-electron chi connectivity index (χ3n) is 7.28. The summed E-state index contributed by atoms with van der Waals surface area (Å²) in [6, 6.07) is 15.3. The fourth-order valence-corrected chi connectivity index (χ4v) is 6.07. The van der Waals surface area contributed by atoms with Gasteiger partial charge in [-0.15, -0.1) is 0 Å². The van der Waals surface area contributed by atoms with Crippen molar-refractivity contribution in [2.24, 2.45) is 0 Å². The Bertz CT molecular complexity index is 1590. The Morgan fingerprint density at radius 3 is 2.13 bits per heavy atom. The molecule has 3 rings (SSSR count). The predicted molar refractivity (Wildman–Crippen MR) is 184 cm³/mol. The highest BCUT2D eigenvalue weighted by Gasteiger charge is 2.30. The SMILES string of the molecule is CCCCC(C)(C)c1ccc(CC(NS(=O)(=O)c2cccnc2)c2cccc(N(CC(=O)OC(C)(C)C)C(=O)OC(C)(C)C)n2)cc1. The van der Waals surface area contributed by atoms with Crippen molar-refractivity contribution in [2.75, 3.05) is 11.4 Å². The van der Waals surface area contributed by atoms with E-state index in [1.807, 2.05) is 12.1 Å². The number of nitrogens with one attached hydrogen (secondary N) is 1. The summed E-state index contributed by atoms with van der Waals surface area (Å²) >= 11 is 0. The number of pyridine rings is 2. The molecule has 47 heavy (non-hydrogen) atoms. The van der Waals surface area contributed by atoms with Crippen molar-refractivity contribution in [3.63, 3.8) is 0 Å². The van der Waals surface area contributed by atoms with Gasteiger partial charge >= 0.3 is 12.1 Å². The third-order valence-corrected chi connectivity index (χ3v) is 8.74. The summed E-state index contributed by atoms with van der Waals surface area (Å²) in [6.45, 7) is 16.6. The molecule has 2 aromatic heterocycles. The molecule has 1 unspecified atom stereocenters. The van der Waals surface area contributed by atoms with Gasteiger partial charge in [-0.1, -0.05) is 63.9 Å². The van der Waals surface area contributed by atoms with Crippen LogP contribution in [0, 0.1) is 0 Å². The lowest BCUT2D eigenvalue weighted by molar-refractivity contribution is -0.153. The minimum Gasteiger partial charge on any atom is -0.459 e. The molecule has 0 bridgehead atoms. The first-order valence-corrected chi connectivity index (χ1v) is 17.5. The summed E-state index contributed by atoms with van der Waals surface area (Å²) in [5, 5.41) is 0. The number of unbranched alkanes of at least 4 members (excludes halogenated alkanes) is 1. The topological polar surface area (TPSA) is 128 Å². The van der Waals surface area contributed by atoms with Gasteiger partial charge in [0.25, 0.3) is 0 Å². The van der Waals surface area contributed by atoms with E-state index < -0.39 is 45.9 Å². The monoisotopic (exact) mass is 666 g/mol. The number of carbonyl (C=O) groups is 2. The van der Waals surface area contributed by atoms with E-state index in [4.69, 9.17) is 14.5 Å². The van der Waals surface area contributed by atoms with Crippen LogP contribution in [0.2, 0.25) is 0 Å². The number of sulfonamides is 1. The lowest BCUT2D eigenvalue weighted by atomic mass is 9.80. The van der Waals surface area contributed by atoms with E-state index in [9.17, 15) is 18.0 Å². The quantitative estimate of drug-likeness (QED) is 0.188. The van der Waals surface area contributed by atoms with Gasteiger partial charge in [0.2, 0.25) is 10.0 Å². The zero-order valence-electron chi connectivity index (χ0n) is 29.2. The fourth-order valence-electron chi connectivity index (χ4n) is 4.90. The largest absolute Gasteiger partial charge is 0.459 e. The molecular formula is C36H50N4O6S. The maximum Gasteiger partial charge on any atom is 0.416 e. The molecule has 0 saturated carbocycles. The van der Waals surface area contributed by atoms with Gasteiger partial charge in [-0.2, -0.15) is 0 Å². The van der Waals surface area contributed by atoms with E-state index in [1.54, 1.807) is 65.8 Å². The number of amides is 1. The Kier molecular flexibility index (Phi) is 12.3. The smallest absolute Gasteiger partial charge is 0.416 e. The highest BCUT2D eigenvalue weighted by molar-refractivity contribution is 7.89. The molecule has 1 aromatic carbocycles. The molecule has 1 atom stereocenters. The predicted octanol–water partition coefficient (Wildman–Crippen LogP) is 7.29. The van der Waals surface area contributed by atoms with Crippen LogP contribution in [0.1, 0.15) is 104 Å². The summed E-state index contributed by atoms with van der Waals surface area (Å²) in [4.78, 5) is 36.0. The summed E-state index contributed by atoms with van der Waals surface area (Å²) in [5.41, 5.74) is 0.828. The minimum atomic E-state index is -4.01. The molecule has 11 heteroatoms. The average molecular weight is 667 g/mol. The Balaban J connectivity index is 2.04. The van der Waals surface area contributed by atoms with Gasteiger partial charge in [0, 0.05) is 12.4 Å². The number of esters is 1. The molecule has 10 nitrogen and oxygen atoms in total. The molecular weight excluding hydrogens is 616 g/mol. The van der Waals surface area contributed by atoms with Crippen molar-refractivity contribution < 1.29 is 27.5 Å². The van der Waals surface area contributed by atoms with Crippen LogP contribution >= 0.6 is 0 Å². The Labute approximate surface area is 280 Å². The van der Waals surface area contributed by atoms with Crippen LogP contribution in [-0.2, 0) is 36.1 Å². The summed E-state index contributed by atoms with van der Waals surface area (Å²) < 4.78 is 40.9. The second-order valence-corrected chi connectivity index (χ2v) is 16.0. The zero-order valence-corrected chi connectivity index (χ0v) is 30.0. The van der Waals surface area contributed by atoms with Crippen LogP contribution in [0.5, 0.6) is 0 Å². The van der Waals surface area contributed by atoms with Gasteiger partial charge < -0.3 is 9.47 Å². The van der Waals surface area contributed by atoms with Gasteiger partial charge in [-0.25, -0.2) is 22.9 Å². The van der Waals surface area contributed by atoms with Crippen LogP contribution in [0.4, 0.5) is 10.6 Å². The number of aromatic nitrogens is 2. The number of benzene rings is 1. The summed E-state index contributed by atoms with van der Waals surface area (Å²) in [6.07, 6.45) is 5.57. The summed E-state index contributed by atoms with van der Waals surface area (Å²) in [7, 11) is -4.01. The fraction of sp³-hybridized carbons (Fsp3) is 0.500. The van der Waals surface area contributed by atoms with Crippen molar-refractivity contribution in [1.82, 2.24) is 14.7 Å². The van der Waals surface area contributed by atoms with Crippen LogP contribution in [-0.4, -0.2) is 48.2 Å². The maximum atomic E-state index is 13.5. The van der Waals surface area contributed by atoms with E-state index in [1.165, 1.54) is 24.0 Å². The first kappa shape index (κ1) is 37.6. The van der Waals surface area contributed by atoms with Crippen molar-refractivity contribution in [3.05, 3.63) is 83.8 Å². The molecule has 0 saturated heterocycles. The number of anilines is 1. The molecule has 0 radical (unpaired) electrons. The van der Waals surface area contributed by atoms with Gasteiger partial charge in [0.05, 0.1) is 11.7 Å². The van der Waals surface area contributed by atoms with Crippen LogP contribution < -0.4 is 9.62 Å². The first-order valence-electron chi connectivity index (χ1n) is 16.0. The van der Waals surface area contributed by atoms with E-state index in [2.05, 4.69) is 42.6 Å². The van der Waals surface area contributed by atoms with Crippen LogP contribution in [0.15, 0.2) is 71.9 Å². The van der Waals surface area contributed by atoms with E-state index >= 15 is 0 Å². The number of rotatable bonds is 13. The van der Waals surface area contributed by atoms with Crippen molar-refractivity contribution in [3.8, 4) is 0 Å². The number of ether oxygens (including phenoxy) is 2. The second kappa shape index (κ2) is 15.4. The lowest BCUT2D eigenvalue weighted by Crippen LogP contribution is -2.42. The highest BCUT2D eigenvalue weighted by Crippen LogP contribution is 2.30. The van der Waals surface area contributed by atoms with Crippen molar-refractivity contribution in [1.29, 1.82) is 0 Å². The first-order chi connectivity index (χ1) is 21.8. The van der Waals surface area contributed by atoms with E-state index in [0.29, 0.717) is 5.69 Å². The van der Waals surface area contributed by atoms with Gasteiger partial charge in [-0.3, -0.25) is 14.7 Å². The number of nitrogens with zero attached hydrogens (tertiary/aromatic N) is 3. The number of hydrogen-bond donors (Lipinski definition) is 1. The molecule has 0 aliphatic rings.